The standard InChI is InChI=1S/C17H20ClN7O3S/c1-9-5-10(2)25(23-9)16-21-22-17(24(16)19)29-8-15(26)20-12-6-11(18)13(27-3)7-14(12)28-4/h5-7H,8,19H2,1-4H3,(H,20,26). The van der Waals surface area contributed by atoms with Gasteiger partial charge in [-0.3, -0.25) is 4.79 Å². The summed E-state index contributed by atoms with van der Waals surface area (Å²) < 4.78 is 13.3. The summed E-state index contributed by atoms with van der Waals surface area (Å²) in [5, 5.41) is 15.9. The van der Waals surface area contributed by atoms with E-state index in [9.17, 15) is 4.79 Å². The van der Waals surface area contributed by atoms with E-state index in [-0.39, 0.29) is 11.7 Å². The minimum Gasteiger partial charge on any atom is -0.495 e. The van der Waals surface area contributed by atoms with E-state index < -0.39 is 0 Å². The third-order valence-corrected chi connectivity index (χ3v) is 5.16. The largest absolute Gasteiger partial charge is 0.495 e. The quantitative estimate of drug-likeness (QED) is 0.426. The van der Waals surface area contributed by atoms with Gasteiger partial charge < -0.3 is 20.6 Å². The topological polar surface area (TPSA) is 122 Å². The fraction of sp³-hybridized carbons (Fsp3) is 0.294. The van der Waals surface area contributed by atoms with Crippen LogP contribution in [0.1, 0.15) is 11.4 Å². The van der Waals surface area contributed by atoms with Crippen molar-refractivity contribution < 1.29 is 14.3 Å². The van der Waals surface area contributed by atoms with Crippen molar-refractivity contribution in [1.29, 1.82) is 0 Å². The van der Waals surface area contributed by atoms with E-state index in [4.69, 9.17) is 26.9 Å². The summed E-state index contributed by atoms with van der Waals surface area (Å²) in [4.78, 5) is 12.4. The zero-order valence-corrected chi connectivity index (χ0v) is 17.8. The third-order valence-electron chi connectivity index (χ3n) is 3.93. The Bertz CT molecular complexity index is 1050. The first-order valence-corrected chi connectivity index (χ1v) is 9.78. The predicted molar refractivity (Wildman–Crippen MR) is 111 cm³/mol. The van der Waals surface area contributed by atoms with Gasteiger partial charge in [0.1, 0.15) is 11.5 Å². The van der Waals surface area contributed by atoms with Gasteiger partial charge in [-0.1, -0.05) is 23.4 Å². The summed E-state index contributed by atoms with van der Waals surface area (Å²) in [5.41, 5.74) is 2.15. The molecule has 0 atom stereocenters. The predicted octanol–water partition coefficient (Wildman–Crippen LogP) is 2.20. The van der Waals surface area contributed by atoms with Crippen molar-refractivity contribution in [2.45, 2.75) is 19.0 Å². The molecule has 2 aromatic heterocycles. The van der Waals surface area contributed by atoms with E-state index in [0.717, 1.165) is 23.1 Å². The van der Waals surface area contributed by atoms with Crippen molar-refractivity contribution in [3.05, 3.63) is 34.6 Å². The Balaban J connectivity index is 1.69. The van der Waals surface area contributed by atoms with E-state index in [2.05, 4.69) is 20.6 Å². The Morgan fingerprint density at radius 1 is 1.21 bits per heavy atom. The number of aromatic nitrogens is 5. The van der Waals surface area contributed by atoms with Gasteiger partial charge >= 0.3 is 0 Å². The van der Waals surface area contributed by atoms with Crippen LogP contribution in [0.5, 0.6) is 11.5 Å². The highest BCUT2D eigenvalue weighted by Gasteiger charge is 2.17. The number of carbonyl (C=O) groups is 1. The van der Waals surface area contributed by atoms with Crippen LogP contribution in [0.3, 0.4) is 0 Å². The number of nitrogens with zero attached hydrogens (tertiary/aromatic N) is 5. The van der Waals surface area contributed by atoms with Gasteiger partial charge in [0.05, 0.1) is 36.4 Å². The number of rotatable bonds is 7. The second-order valence-corrected chi connectivity index (χ2v) is 7.37. The van der Waals surface area contributed by atoms with Gasteiger partial charge in [0, 0.05) is 11.8 Å². The molecule has 3 aromatic rings. The minimum atomic E-state index is -0.287. The zero-order chi connectivity index (χ0) is 21.1. The average molecular weight is 438 g/mol. The van der Waals surface area contributed by atoms with Gasteiger partial charge in [-0.2, -0.15) is 5.10 Å². The maximum atomic E-state index is 12.4. The summed E-state index contributed by atoms with van der Waals surface area (Å²) in [7, 11) is 2.99. The molecule has 0 spiro atoms. The molecular formula is C17H20ClN7O3S. The number of methoxy groups -OCH3 is 2. The third kappa shape index (κ3) is 4.40. The highest BCUT2D eigenvalue weighted by atomic mass is 35.5. The molecule has 2 heterocycles. The van der Waals surface area contributed by atoms with E-state index in [1.807, 2.05) is 19.9 Å². The summed E-state index contributed by atoms with van der Waals surface area (Å²) in [5.74, 6) is 7.08. The summed E-state index contributed by atoms with van der Waals surface area (Å²) >= 11 is 7.27. The van der Waals surface area contributed by atoms with Crippen molar-refractivity contribution in [2.24, 2.45) is 0 Å². The van der Waals surface area contributed by atoms with Crippen molar-refractivity contribution in [2.75, 3.05) is 31.1 Å². The van der Waals surface area contributed by atoms with Gasteiger partial charge in [0.2, 0.25) is 11.1 Å². The molecule has 0 saturated carbocycles. The fourth-order valence-corrected chi connectivity index (χ4v) is 3.51. The van der Waals surface area contributed by atoms with Crippen LogP contribution in [-0.4, -0.2) is 50.5 Å². The van der Waals surface area contributed by atoms with Crippen LogP contribution in [0, 0.1) is 13.8 Å². The molecule has 0 aliphatic carbocycles. The normalized spacial score (nSPS) is 10.8. The second-order valence-electron chi connectivity index (χ2n) is 6.02. The highest BCUT2D eigenvalue weighted by molar-refractivity contribution is 7.99. The average Bonchev–Trinajstić information content (AvgIpc) is 3.21. The van der Waals surface area contributed by atoms with E-state index in [1.54, 1.807) is 16.8 Å². The molecule has 0 bridgehead atoms. The van der Waals surface area contributed by atoms with Gasteiger partial charge in [0.25, 0.3) is 5.95 Å². The number of nitrogens with one attached hydrogen (secondary N) is 1. The highest BCUT2D eigenvalue weighted by Crippen LogP contribution is 2.36. The van der Waals surface area contributed by atoms with Crippen LogP contribution in [0.4, 0.5) is 5.69 Å². The molecule has 3 N–H and O–H groups in total. The van der Waals surface area contributed by atoms with E-state index in [1.165, 1.54) is 18.9 Å². The van der Waals surface area contributed by atoms with E-state index >= 15 is 0 Å². The zero-order valence-electron chi connectivity index (χ0n) is 16.3. The number of halogens is 1. The Morgan fingerprint density at radius 2 is 1.93 bits per heavy atom. The monoisotopic (exact) mass is 437 g/mol. The van der Waals surface area contributed by atoms with Crippen LogP contribution >= 0.6 is 23.4 Å². The number of hydrogen-bond donors (Lipinski definition) is 2. The number of thioether (sulfide) groups is 1. The maximum Gasteiger partial charge on any atom is 0.271 e. The first-order valence-electron chi connectivity index (χ1n) is 8.42. The summed E-state index contributed by atoms with van der Waals surface area (Å²) in [6.07, 6.45) is 0. The van der Waals surface area contributed by atoms with Crippen molar-refractivity contribution in [1.82, 2.24) is 24.7 Å². The Labute approximate surface area is 176 Å². The van der Waals surface area contributed by atoms with Gasteiger partial charge in [-0.05, 0) is 26.0 Å². The number of amides is 1. The molecule has 1 amide bonds. The number of nitrogens with two attached hydrogens (primary N) is 1. The number of ether oxygens (including phenoxy) is 2. The van der Waals surface area contributed by atoms with Crippen LogP contribution in [0.25, 0.3) is 5.95 Å². The Hall–Kier alpha value is -2.92. The maximum absolute atomic E-state index is 12.4. The smallest absolute Gasteiger partial charge is 0.271 e. The molecule has 154 valence electrons. The molecule has 0 radical (unpaired) electrons. The molecule has 3 rings (SSSR count). The lowest BCUT2D eigenvalue weighted by Gasteiger charge is -2.13. The number of carbonyl (C=O) groups excluding carboxylic acids is 1. The molecule has 29 heavy (non-hydrogen) atoms. The lowest BCUT2D eigenvalue weighted by Crippen LogP contribution is -2.19. The molecule has 12 heteroatoms. The number of hydrogen-bond acceptors (Lipinski definition) is 8. The second kappa shape index (κ2) is 8.62. The number of aryl methyl sites for hydroxylation is 2. The molecule has 0 fully saturated rings. The first kappa shape index (κ1) is 20.8. The number of nitrogen functional groups attached to an aromatic ring is 1. The number of anilines is 1. The Kier molecular flexibility index (Phi) is 6.18. The fourth-order valence-electron chi connectivity index (χ4n) is 2.62. The molecule has 0 unspecified atom stereocenters. The van der Waals surface area contributed by atoms with Crippen molar-refractivity contribution in [3.63, 3.8) is 0 Å². The molecule has 0 aliphatic heterocycles. The van der Waals surface area contributed by atoms with Gasteiger partial charge in [-0.25, -0.2) is 9.36 Å². The van der Waals surface area contributed by atoms with Crippen molar-refractivity contribution >= 4 is 35.0 Å². The Morgan fingerprint density at radius 3 is 2.55 bits per heavy atom. The molecular weight excluding hydrogens is 418 g/mol. The minimum absolute atomic E-state index is 0.0548. The molecule has 0 aliphatic rings. The van der Waals surface area contributed by atoms with Gasteiger partial charge in [-0.15, -0.1) is 10.2 Å². The van der Waals surface area contributed by atoms with Crippen LogP contribution in [-0.2, 0) is 4.79 Å². The first-order chi connectivity index (χ1) is 13.8. The summed E-state index contributed by atoms with van der Waals surface area (Å²) in [6.45, 7) is 3.77. The summed E-state index contributed by atoms with van der Waals surface area (Å²) in [6, 6.07) is 5.07. The SMILES string of the molecule is COc1cc(OC)c(NC(=O)CSc2nnc(-n3nc(C)cc3C)n2N)cc1Cl. The number of benzene rings is 1. The van der Waals surface area contributed by atoms with Crippen LogP contribution in [0.15, 0.2) is 23.4 Å². The molecule has 10 nitrogen and oxygen atoms in total. The van der Waals surface area contributed by atoms with E-state index in [0.29, 0.717) is 33.3 Å². The lowest BCUT2D eigenvalue weighted by molar-refractivity contribution is -0.113. The molecule has 1 aromatic carbocycles. The van der Waals surface area contributed by atoms with Crippen LogP contribution in [0.2, 0.25) is 5.02 Å². The van der Waals surface area contributed by atoms with Gasteiger partial charge in [0.15, 0.2) is 0 Å². The molecule has 0 saturated heterocycles. The van der Waals surface area contributed by atoms with Crippen molar-refractivity contribution in [3.8, 4) is 17.4 Å². The van der Waals surface area contributed by atoms with Crippen LogP contribution < -0.4 is 20.6 Å². The lowest BCUT2D eigenvalue weighted by atomic mass is 10.2.